The van der Waals surface area contributed by atoms with E-state index in [-0.39, 0.29) is 17.8 Å². The van der Waals surface area contributed by atoms with E-state index in [1.807, 2.05) is 19.9 Å². The number of ether oxygens (including phenoxy) is 1. The van der Waals surface area contributed by atoms with Gasteiger partial charge >= 0.3 is 6.09 Å². The highest BCUT2D eigenvalue weighted by Crippen LogP contribution is 2.26. The number of phenolic OH excluding ortho intramolecular Hbond substituents is 1. The smallest absolute Gasteiger partial charge is 0.404 e. The van der Waals surface area contributed by atoms with Crippen LogP contribution in [-0.2, 0) is 10.2 Å². The van der Waals surface area contributed by atoms with Gasteiger partial charge in [-0.1, -0.05) is 26.0 Å². The van der Waals surface area contributed by atoms with Crippen molar-refractivity contribution in [1.82, 2.24) is 0 Å². The Kier molecular flexibility index (Phi) is 3.19. The Morgan fingerprint density at radius 2 is 2.20 bits per heavy atom. The Balaban J connectivity index is 2.80. The normalized spacial score (nSPS) is 11.1. The molecule has 3 N–H and O–H groups in total. The SMILES string of the molecule is CC(C)(COC(N)=O)c1cccc(O)c1. The zero-order chi connectivity index (χ0) is 11.5. The zero-order valence-corrected chi connectivity index (χ0v) is 8.86. The predicted molar refractivity (Wildman–Crippen MR) is 56.7 cm³/mol. The van der Waals surface area contributed by atoms with Gasteiger partial charge in [0, 0.05) is 5.41 Å². The molecular weight excluding hydrogens is 194 g/mol. The third-order valence-corrected chi connectivity index (χ3v) is 2.20. The first kappa shape index (κ1) is 11.4. The lowest BCUT2D eigenvalue weighted by molar-refractivity contribution is 0.133. The van der Waals surface area contributed by atoms with Crippen molar-refractivity contribution in [1.29, 1.82) is 0 Å². The molecule has 1 aromatic carbocycles. The molecule has 0 bridgehead atoms. The number of nitrogens with two attached hydrogens (primary N) is 1. The third-order valence-electron chi connectivity index (χ3n) is 2.20. The van der Waals surface area contributed by atoms with Crippen molar-refractivity contribution in [3.8, 4) is 5.75 Å². The highest BCUT2D eigenvalue weighted by Gasteiger charge is 2.22. The summed E-state index contributed by atoms with van der Waals surface area (Å²) >= 11 is 0. The van der Waals surface area contributed by atoms with Crippen LogP contribution in [0, 0.1) is 0 Å². The molecule has 0 radical (unpaired) electrons. The quantitative estimate of drug-likeness (QED) is 0.796. The third kappa shape index (κ3) is 3.16. The van der Waals surface area contributed by atoms with E-state index in [2.05, 4.69) is 0 Å². The fourth-order valence-electron chi connectivity index (χ4n) is 1.26. The van der Waals surface area contributed by atoms with Gasteiger partial charge in [-0.3, -0.25) is 0 Å². The molecule has 0 unspecified atom stereocenters. The number of carbonyl (C=O) groups excluding carboxylic acids is 1. The summed E-state index contributed by atoms with van der Waals surface area (Å²) < 4.78 is 4.76. The molecule has 0 aliphatic carbocycles. The van der Waals surface area contributed by atoms with Crippen LogP contribution in [0.5, 0.6) is 5.75 Å². The molecule has 0 saturated carbocycles. The summed E-state index contributed by atoms with van der Waals surface area (Å²) in [6.07, 6.45) is -0.789. The van der Waals surface area contributed by atoms with Gasteiger partial charge < -0.3 is 15.6 Å². The predicted octanol–water partition coefficient (Wildman–Crippen LogP) is 1.77. The maximum Gasteiger partial charge on any atom is 0.404 e. The minimum absolute atomic E-state index is 0.186. The average Bonchev–Trinajstić information content (AvgIpc) is 2.15. The van der Waals surface area contributed by atoms with Crippen molar-refractivity contribution in [3.05, 3.63) is 29.8 Å². The van der Waals surface area contributed by atoms with E-state index < -0.39 is 6.09 Å². The number of benzene rings is 1. The Morgan fingerprint density at radius 1 is 1.53 bits per heavy atom. The number of amides is 1. The Hall–Kier alpha value is -1.71. The van der Waals surface area contributed by atoms with Gasteiger partial charge in [-0.05, 0) is 17.7 Å². The van der Waals surface area contributed by atoms with Gasteiger partial charge in [0.05, 0.1) is 0 Å². The summed E-state index contributed by atoms with van der Waals surface area (Å²) in [5, 5.41) is 9.32. The molecule has 0 aromatic heterocycles. The van der Waals surface area contributed by atoms with Crippen molar-refractivity contribution in [2.24, 2.45) is 5.73 Å². The molecule has 1 aromatic rings. The lowest BCUT2D eigenvalue weighted by atomic mass is 9.85. The van der Waals surface area contributed by atoms with Crippen molar-refractivity contribution < 1.29 is 14.6 Å². The molecule has 82 valence electrons. The van der Waals surface area contributed by atoms with Crippen LogP contribution in [-0.4, -0.2) is 17.8 Å². The monoisotopic (exact) mass is 209 g/mol. The van der Waals surface area contributed by atoms with E-state index in [1.165, 1.54) is 0 Å². The molecule has 0 aliphatic heterocycles. The van der Waals surface area contributed by atoms with E-state index in [4.69, 9.17) is 10.5 Å². The molecule has 15 heavy (non-hydrogen) atoms. The molecule has 1 amide bonds. The molecule has 0 saturated heterocycles. The van der Waals surface area contributed by atoms with Gasteiger partial charge in [0.25, 0.3) is 0 Å². The number of hydrogen-bond donors (Lipinski definition) is 2. The molecule has 1 rings (SSSR count). The molecule has 0 heterocycles. The van der Waals surface area contributed by atoms with Crippen molar-refractivity contribution in [2.75, 3.05) is 6.61 Å². The number of carbonyl (C=O) groups is 1. The fraction of sp³-hybridized carbons (Fsp3) is 0.364. The largest absolute Gasteiger partial charge is 0.508 e. The highest BCUT2D eigenvalue weighted by atomic mass is 16.5. The zero-order valence-electron chi connectivity index (χ0n) is 8.86. The molecule has 0 aliphatic rings. The molecule has 0 spiro atoms. The van der Waals surface area contributed by atoms with Gasteiger partial charge in [-0.2, -0.15) is 0 Å². The van der Waals surface area contributed by atoms with Crippen LogP contribution in [0.15, 0.2) is 24.3 Å². The molecule has 0 atom stereocenters. The number of aromatic hydroxyl groups is 1. The van der Waals surface area contributed by atoms with Crippen LogP contribution in [0.25, 0.3) is 0 Å². The minimum Gasteiger partial charge on any atom is -0.508 e. The number of phenols is 1. The van der Waals surface area contributed by atoms with Crippen LogP contribution < -0.4 is 5.73 Å². The fourth-order valence-corrected chi connectivity index (χ4v) is 1.26. The van der Waals surface area contributed by atoms with Crippen molar-refractivity contribution in [2.45, 2.75) is 19.3 Å². The first-order valence-corrected chi connectivity index (χ1v) is 4.63. The lowest BCUT2D eigenvalue weighted by Gasteiger charge is -2.24. The van der Waals surface area contributed by atoms with Gasteiger partial charge in [0.15, 0.2) is 0 Å². The van der Waals surface area contributed by atoms with E-state index in [0.717, 1.165) is 5.56 Å². The molecule has 4 heteroatoms. The number of primary amides is 1. The maximum atomic E-state index is 10.5. The lowest BCUT2D eigenvalue weighted by Crippen LogP contribution is -2.28. The second-order valence-electron chi connectivity index (χ2n) is 4.04. The summed E-state index contributed by atoms with van der Waals surface area (Å²) in [4.78, 5) is 10.5. The standard InChI is InChI=1S/C11H15NO3/c1-11(2,7-15-10(12)14)8-4-3-5-9(13)6-8/h3-6,13H,7H2,1-2H3,(H2,12,14). The van der Waals surface area contributed by atoms with E-state index in [1.54, 1.807) is 18.2 Å². The van der Waals surface area contributed by atoms with E-state index in [9.17, 15) is 9.90 Å². The summed E-state index contributed by atoms with van der Waals surface area (Å²) in [5.74, 6) is 0.194. The maximum absolute atomic E-state index is 10.5. The van der Waals surface area contributed by atoms with Crippen LogP contribution in [0.3, 0.4) is 0 Å². The Bertz CT molecular complexity index is 361. The summed E-state index contributed by atoms with van der Waals surface area (Å²) in [7, 11) is 0. The van der Waals surface area contributed by atoms with Gasteiger partial charge in [0.1, 0.15) is 12.4 Å². The summed E-state index contributed by atoms with van der Waals surface area (Å²) in [5.41, 5.74) is 5.42. The van der Waals surface area contributed by atoms with Crippen LogP contribution in [0.4, 0.5) is 4.79 Å². The first-order valence-electron chi connectivity index (χ1n) is 4.63. The molecule has 0 fully saturated rings. The van der Waals surface area contributed by atoms with Gasteiger partial charge in [-0.25, -0.2) is 4.79 Å². The van der Waals surface area contributed by atoms with E-state index >= 15 is 0 Å². The Morgan fingerprint density at radius 3 is 2.73 bits per heavy atom. The summed E-state index contributed by atoms with van der Waals surface area (Å²) in [6.45, 7) is 4.00. The van der Waals surface area contributed by atoms with Crippen molar-refractivity contribution >= 4 is 6.09 Å². The Labute approximate surface area is 88.7 Å². The topological polar surface area (TPSA) is 72.5 Å². The minimum atomic E-state index is -0.789. The molecule has 4 nitrogen and oxygen atoms in total. The van der Waals surface area contributed by atoms with E-state index in [0.29, 0.717) is 0 Å². The first-order chi connectivity index (χ1) is 6.92. The van der Waals surface area contributed by atoms with Gasteiger partial charge in [-0.15, -0.1) is 0 Å². The second-order valence-corrected chi connectivity index (χ2v) is 4.04. The van der Waals surface area contributed by atoms with Gasteiger partial charge in [0.2, 0.25) is 0 Å². The second kappa shape index (κ2) is 4.21. The average molecular weight is 209 g/mol. The van der Waals surface area contributed by atoms with Crippen LogP contribution >= 0.6 is 0 Å². The molecular formula is C11H15NO3. The van der Waals surface area contributed by atoms with Crippen LogP contribution in [0.1, 0.15) is 19.4 Å². The van der Waals surface area contributed by atoms with Crippen LogP contribution in [0.2, 0.25) is 0 Å². The number of rotatable bonds is 3. The number of hydrogen-bond acceptors (Lipinski definition) is 3. The van der Waals surface area contributed by atoms with Crippen molar-refractivity contribution in [3.63, 3.8) is 0 Å². The summed E-state index contributed by atoms with van der Waals surface area (Å²) in [6, 6.07) is 6.85. The highest BCUT2D eigenvalue weighted by molar-refractivity contribution is 5.64.